The van der Waals surface area contributed by atoms with Gasteiger partial charge in [0.05, 0.1) is 28.2 Å². The summed E-state index contributed by atoms with van der Waals surface area (Å²) < 4.78 is 91.0. The van der Waals surface area contributed by atoms with Crippen LogP contribution in [0.15, 0.2) is 91.4 Å². The molecule has 36 heavy (non-hydrogen) atoms. The second-order valence-corrected chi connectivity index (χ2v) is 7.71. The van der Waals surface area contributed by atoms with Gasteiger partial charge in [-0.25, -0.2) is 9.37 Å². The Hall–Kier alpha value is -3.53. The standard InChI is InChI=1S/C16H9BF6.C9H6ClFN2/c17-9-14(10-3-1-5-12(7-10)15(18,19)20)11-4-2-6-13(8-11)16(21,22)23;10-8-5-7(11)1-2-9(8)13-4-3-12-6-13/h1-9H;1-6H. The molecule has 0 amide bonds. The molecule has 0 unspecified atom stereocenters. The number of halogens is 8. The number of rotatable bonds is 3. The summed E-state index contributed by atoms with van der Waals surface area (Å²) in [6.07, 6.45) is -4.11. The van der Waals surface area contributed by atoms with E-state index in [1.54, 1.807) is 29.4 Å². The third-order valence-electron chi connectivity index (χ3n) is 4.86. The fraction of sp³-hybridized carbons (Fsp3) is 0.0800. The highest BCUT2D eigenvalue weighted by Crippen LogP contribution is 2.35. The first-order valence-electron chi connectivity index (χ1n) is 10.1. The normalized spacial score (nSPS) is 11.4. The first kappa shape index (κ1) is 27.1. The lowest BCUT2D eigenvalue weighted by atomic mass is 9.90. The summed E-state index contributed by atoms with van der Waals surface area (Å²) in [6, 6.07) is 12.8. The molecule has 0 aliphatic rings. The van der Waals surface area contributed by atoms with Gasteiger partial charge in [0.1, 0.15) is 13.7 Å². The van der Waals surface area contributed by atoms with Crippen LogP contribution >= 0.6 is 11.6 Å². The highest BCUT2D eigenvalue weighted by Gasteiger charge is 2.32. The highest BCUT2D eigenvalue weighted by atomic mass is 35.5. The molecule has 1 heterocycles. The zero-order valence-corrected chi connectivity index (χ0v) is 18.9. The molecule has 0 saturated heterocycles. The zero-order chi connectivity index (χ0) is 26.5. The monoisotopic (exact) mass is 522 g/mol. The van der Waals surface area contributed by atoms with Crippen LogP contribution in [0.1, 0.15) is 22.3 Å². The fourth-order valence-corrected chi connectivity index (χ4v) is 3.44. The average Bonchev–Trinajstić information content (AvgIpc) is 3.34. The predicted molar refractivity (Wildman–Crippen MR) is 124 cm³/mol. The van der Waals surface area contributed by atoms with Crippen molar-refractivity contribution in [2.75, 3.05) is 0 Å². The van der Waals surface area contributed by atoms with Crippen LogP contribution in [0.4, 0.5) is 30.7 Å². The van der Waals surface area contributed by atoms with E-state index >= 15 is 0 Å². The van der Waals surface area contributed by atoms with E-state index in [0.717, 1.165) is 35.9 Å². The fourth-order valence-electron chi connectivity index (χ4n) is 3.18. The lowest BCUT2D eigenvalue weighted by molar-refractivity contribution is -0.138. The van der Waals surface area contributed by atoms with Crippen LogP contribution in [0, 0.1) is 5.82 Å². The lowest BCUT2D eigenvalue weighted by Crippen LogP contribution is -2.06. The Morgan fingerprint density at radius 2 is 1.39 bits per heavy atom. The summed E-state index contributed by atoms with van der Waals surface area (Å²) in [5, 5.41) is 0.373. The molecule has 0 saturated carbocycles. The molecule has 2 radical (unpaired) electrons. The lowest BCUT2D eigenvalue weighted by Gasteiger charge is -2.14. The third kappa shape index (κ3) is 6.78. The quantitative estimate of drug-likeness (QED) is 0.197. The van der Waals surface area contributed by atoms with Crippen LogP contribution in [0.3, 0.4) is 0 Å². The maximum atomic E-state index is 12.8. The number of nitrogens with zero attached hydrogens (tertiary/aromatic N) is 2. The van der Waals surface area contributed by atoms with Crippen LogP contribution in [0.2, 0.25) is 5.02 Å². The molecular weight excluding hydrogens is 508 g/mol. The predicted octanol–water partition coefficient (Wildman–Crippen LogP) is 7.95. The molecule has 0 bridgehead atoms. The summed E-state index contributed by atoms with van der Waals surface area (Å²) in [6.45, 7) is 0. The minimum Gasteiger partial charge on any atom is -0.305 e. The average molecular weight is 523 g/mol. The van der Waals surface area contributed by atoms with Gasteiger partial charge in [0.2, 0.25) is 0 Å². The Labute approximate surface area is 208 Å². The Bertz CT molecular complexity index is 1290. The van der Waals surface area contributed by atoms with Crippen molar-refractivity contribution < 1.29 is 30.7 Å². The number of alkyl halides is 6. The van der Waals surface area contributed by atoms with E-state index in [-0.39, 0.29) is 22.5 Å². The third-order valence-corrected chi connectivity index (χ3v) is 5.16. The summed E-state index contributed by atoms with van der Waals surface area (Å²) in [7, 11) is 5.43. The van der Waals surface area contributed by atoms with Gasteiger partial charge in [-0.1, -0.05) is 35.9 Å². The SMILES string of the molecule is Fc1ccc(-n2ccnc2)c(Cl)c1.[B]C=C(c1cccc(C(F)(F)F)c1)c1cccc(C(F)(F)F)c1. The molecule has 0 spiro atoms. The molecule has 11 heteroatoms. The van der Waals surface area contributed by atoms with Crippen molar-refractivity contribution in [1.29, 1.82) is 0 Å². The van der Waals surface area contributed by atoms with E-state index in [4.69, 9.17) is 19.4 Å². The van der Waals surface area contributed by atoms with Crippen molar-refractivity contribution in [1.82, 2.24) is 9.55 Å². The van der Waals surface area contributed by atoms with E-state index in [9.17, 15) is 30.7 Å². The Balaban J connectivity index is 0.000000233. The first-order chi connectivity index (χ1) is 16.9. The van der Waals surface area contributed by atoms with E-state index in [2.05, 4.69) is 4.98 Å². The summed E-state index contributed by atoms with van der Waals surface area (Å²) >= 11 is 5.83. The maximum Gasteiger partial charge on any atom is 0.416 e. The molecule has 0 aliphatic carbocycles. The number of hydrogen-bond donors (Lipinski definition) is 0. The molecule has 0 N–H and O–H groups in total. The number of hydrogen-bond acceptors (Lipinski definition) is 1. The van der Waals surface area contributed by atoms with Crippen LogP contribution < -0.4 is 0 Å². The largest absolute Gasteiger partial charge is 0.416 e. The molecule has 4 rings (SSSR count). The van der Waals surface area contributed by atoms with E-state index < -0.39 is 23.5 Å². The molecule has 3 aromatic carbocycles. The van der Waals surface area contributed by atoms with Crippen molar-refractivity contribution in [2.24, 2.45) is 0 Å². The van der Waals surface area contributed by atoms with Crippen molar-refractivity contribution in [3.63, 3.8) is 0 Å². The van der Waals surface area contributed by atoms with Crippen LogP contribution in [-0.4, -0.2) is 17.4 Å². The van der Waals surface area contributed by atoms with Crippen LogP contribution in [-0.2, 0) is 12.4 Å². The highest BCUT2D eigenvalue weighted by molar-refractivity contribution is 6.32. The van der Waals surface area contributed by atoms with Crippen molar-refractivity contribution in [3.05, 3.63) is 125 Å². The van der Waals surface area contributed by atoms with Gasteiger partial charge in [0.15, 0.2) is 0 Å². The van der Waals surface area contributed by atoms with Gasteiger partial charge < -0.3 is 4.57 Å². The second kappa shape index (κ2) is 11.0. The summed E-state index contributed by atoms with van der Waals surface area (Å²) in [4.78, 5) is 3.87. The van der Waals surface area contributed by atoms with Crippen LogP contribution in [0.25, 0.3) is 11.3 Å². The van der Waals surface area contributed by atoms with Crippen molar-refractivity contribution >= 4 is 25.0 Å². The number of imidazole rings is 1. The van der Waals surface area contributed by atoms with Gasteiger partial charge in [0.25, 0.3) is 0 Å². The molecule has 0 fully saturated rings. The van der Waals surface area contributed by atoms with Gasteiger partial charge in [-0.2, -0.15) is 26.3 Å². The number of aromatic nitrogens is 2. The van der Waals surface area contributed by atoms with E-state index in [1.807, 2.05) is 0 Å². The molecule has 2 nitrogen and oxygen atoms in total. The van der Waals surface area contributed by atoms with Crippen LogP contribution in [0.5, 0.6) is 0 Å². The topological polar surface area (TPSA) is 17.8 Å². The molecule has 4 aromatic rings. The van der Waals surface area contributed by atoms with Gasteiger partial charge in [-0.3, -0.25) is 0 Å². The van der Waals surface area contributed by atoms with Crippen molar-refractivity contribution in [2.45, 2.75) is 12.4 Å². The van der Waals surface area contributed by atoms with Gasteiger partial charge in [0, 0.05) is 12.4 Å². The van der Waals surface area contributed by atoms with Gasteiger partial charge in [-0.05, 0) is 59.2 Å². The zero-order valence-electron chi connectivity index (χ0n) is 18.2. The minimum absolute atomic E-state index is 0.0849. The smallest absolute Gasteiger partial charge is 0.305 e. The second-order valence-electron chi connectivity index (χ2n) is 7.30. The Morgan fingerprint density at radius 1 is 0.833 bits per heavy atom. The summed E-state index contributed by atoms with van der Waals surface area (Å²) in [5.41, 5.74) is -0.825. The van der Waals surface area contributed by atoms with Crippen molar-refractivity contribution in [3.8, 4) is 5.69 Å². The van der Waals surface area contributed by atoms with Gasteiger partial charge in [-0.15, -0.1) is 5.98 Å². The molecular formula is C25H15BClF7N2. The van der Waals surface area contributed by atoms with Gasteiger partial charge >= 0.3 is 12.4 Å². The molecule has 0 atom stereocenters. The minimum atomic E-state index is -4.55. The maximum absolute atomic E-state index is 12.8. The molecule has 1 aromatic heterocycles. The Morgan fingerprint density at radius 3 is 1.81 bits per heavy atom. The van der Waals surface area contributed by atoms with E-state index in [1.165, 1.54) is 36.4 Å². The molecule has 0 aliphatic heterocycles. The molecule has 184 valence electrons. The van der Waals surface area contributed by atoms with E-state index in [0.29, 0.717) is 5.02 Å². The summed E-state index contributed by atoms with van der Waals surface area (Å²) in [5.74, 6) is 0.652. The number of benzene rings is 3. The Kier molecular flexibility index (Phi) is 8.30. The first-order valence-corrected chi connectivity index (χ1v) is 10.5.